The Morgan fingerprint density at radius 3 is 2.62 bits per heavy atom. The molecule has 13 heavy (non-hydrogen) atoms. The van der Waals surface area contributed by atoms with Gasteiger partial charge in [0.1, 0.15) is 0 Å². The van der Waals surface area contributed by atoms with Gasteiger partial charge in [0.2, 0.25) is 0 Å². The second kappa shape index (κ2) is 3.94. The Kier molecular flexibility index (Phi) is 3.32. The van der Waals surface area contributed by atoms with E-state index in [0.29, 0.717) is 13.0 Å². The Morgan fingerprint density at radius 2 is 2.23 bits per heavy atom. The molecule has 78 valence electrons. The van der Waals surface area contributed by atoms with E-state index in [1.54, 1.807) is 13.8 Å². The first-order chi connectivity index (χ1) is 5.93. The van der Waals surface area contributed by atoms with Crippen molar-refractivity contribution < 1.29 is 13.2 Å². The molecule has 1 fully saturated rings. The van der Waals surface area contributed by atoms with E-state index >= 15 is 0 Å². The highest BCUT2D eigenvalue weighted by atomic mass is 32.2. The summed E-state index contributed by atoms with van der Waals surface area (Å²) in [4.78, 5) is 0. The number of rotatable bonds is 3. The van der Waals surface area contributed by atoms with Gasteiger partial charge in [0.15, 0.2) is 9.84 Å². The summed E-state index contributed by atoms with van der Waals surface area (Å²) in [5.41, 5.74) is 5.47. The molecule has 0 radical (unpaired) electrons. The van der Waals surface area contributed by atoms with E-state index in [2.05, 4.69) is 0 Å². The molecule has 5 heteroatoms. The van der Waals surface area contributed by atoms with E-state index < -0.39 is 9.84 Å². The molecule has 0 aliphatic carbocycles. The number of hydrogen-bond donors (Lipinski definition) is 1. The molecule has 4 nitrogen and oxygen atoms in total. The van der Waals surface area contributed by atoms with Crippen LogP contribution in [0.2, 0.25) is 0 Å². The van der Waals surface area contributed by atoms with Gasteiger partial charge in [0.25, 0.3) is 0 Å². The predicted octanol–water partition coefficient (Wildman–Crippen LogP) is -0.0742. The van der Waals surface area contributed by atoms with Crippen molar-refractivity contribution in [3.05, 3.63) is 0 Å². The largest absolute Gasteiger partial charge is 0.377 e. The van der Waals surface area contributed by atoms with Gasteiger partial charge in [-0.05, 0) is 20.3 Å². The Hall–Kier alpha value is -0.130. The fourth-order valence-electron chi connectivity index (χ4n) is 1.67. The second-order valence-corrected chi connectivity index (χ2v) is 5.97. The average Bonchev–Trinajstić information content (AvgIpc) is 2.32. The third kappa shape index (κ3) is 2.65. The molecule has 3 atom stereocenters. The van der Waals surface area contributed by atoms with Crippen LogP contribution in [0.3, 0.4) is 0 Å². The molecule has 1 rings (SSSR count). The van der Waals surface area contributed by atoms with E-state index in [-0.39, 0.29) is 23.1 Å². The van der Waals surface area contributed by atoms with Gasteiger partial charge >= 0.3 is 0 Å². The second-order valence-electron chi connectivity index (χ2n) is 3.71. The van der Waals surface area contributed by atoms with Crippen molar-refractivity contribution in [2.75, 3.05) is 12.4 Å². The highest BCUT2D eigenvalue weighted by Crippen LogP contribution is 2.21. The Balaban J connectivity index is 2.69. The molecule has 1 aliphatic rings. The van der Waals surface area contributed by atoms with E-state index in [9.17, 15) is 8.42 Å². The van der Waals surface area contributed by atoms with Crippen LogP contribution in [0.1, 0.15) is 20.3 Å². The molecule has 1 aliphatic heterocycles. The van der Waals surface area contributed by atoms with E-state index in [1.807, 2.05) is 0 Å². The van der Waals surface area contributed by atoms with Crippen molar-refractivity contribution >= 4 is 9.84 Å². The summed E-state index contributed by atoms with van der Waals surface area (Å²) in [5, 5.41) is -0.349. The molecule has 3 unspecified atom stereocenters. The number of sulfone groups is 1. The Bertz CT molecular complexity index is 261. The van der Waals surface area contributed by atoms with Gasteiger partial charge in [0, 0.05) is 12.6 Å². The average molecular weight is 207 g/mol. The lowest BCUT2D eigenvalue weighted by molar-refractivity contribution is 0.126. The maximum absolute atomic E-state index is 11.7. The topological polar surface area (TPSA) is 69.4 Å². The van der Waals surface area contributed by atoms with Crippen LogP contribution < -0.4 is 5.73 Å². The van der Waals surface area contributed by atoms with Crippen molar-refractivity contribution in [2.24, 2.45) is 5.73 Å². The van der Waals surface area contributed by atoms with Gasteiger partial charge in [-0.15, -0.1) is 0 Å². The van der Waals surface area contributed by atoms with Gasteiger partial charge in [-0.2, -0.15) is 0 Å². The van der Waals surface area contributed by atoms with Crippen LogP contribution in [0, 0.1) is 0 Å². The summed E-state index contributed by atoms with van der Waals surface area (Å²) >= 11 is 0. The fraction of sp³-hybridized carbons (Fsp3) is 1.00. The predicted molar refractivity (Wildman–Crippen MR) is 51.3 cm³/mol. The third-order valence-corrected chi connectivity index (χ3v) is 4.80. The molecular weight excluding hydrogens is 190 g/mol. The fourth-order valence-corrected chi connectivity index (χ4v) is 3.77. The van der Waals surface area contributed by atoms with Gasteiger partial charge < -0.3 is 10.5 Å². The van der Waals surface area contributed by atoms with Gasteiger partial charge in [-0.1, -0.05) is 0 Å². The van der Waals surface area contributed by atoms with Crippen molar-refractivity contribution in [1.82, 2.24) is 0 Å². The molecule has 1 saturated heterocycles. The SMILES string of the molecule is CC(N)CS(=O)(=O)C1CCOC1C. The van der Waals surface area contributed by atoms with Crippen LogP contribution in [-0.2, 0) is 14.6 Å². The first kappa shape index (κ1) is 10.9. The third-order valence-electron chi connectivity index (χ3n) is 2.26. The minimum atomic E-state index is -3.06. The van der Waals surface area contributed by atoms with E-state index in [4.69, 9.17) is 10.5 Å². The van der Waals surface area contributed by atoms with Gasteiger partial charge in [-0.25, -0.2) is 8.42 Å². The Morgan fingerprint density at radius 1 is 1.62 bits per heavy atom. The zero-order valence-electron chi connectivity index (χ0n) is 8.06. The minimum absolute atomic E-state index is 0.0609. The smallest absolute Gasteiger partial charge is 0.157 e. The molecule has 0 spiro atoms. The van der Waals surface area contributed by atoms with Crippen molar-refractivity contribution in [2.45, 2.75) is 37.7 Å². The summed E-state index contributed by atoms with van der Waals surface area (Å²) in [6, 6.07) is -0.294. The molecule has 1 heterocycles. The normalized spacial score (nSPS) is 31.9. The quantitative estimate of drug-likeness (QED) is 0.703. The number of nitrogens with two attached hydrogens (primary N) is 1. The lowest BCUT2D eigenvalue weighted by Gasteiger charge is -2.16. The standard InChI is InChI=1S/C8H17NO3S/c1-6(9)5-13(10,11)8-3-4-12-7(8)2/h6-8H,3-5,9H2,1-2H3. The van der Waals surface area contributed by atoms with Gasteiger partial charge in [-0.3, -0.25) is 0 Å². The molecule has 0 aromatic heterocycles. The van der Waals surface area contributed by atoms with Crippen molar-refractivity contribution in [1.29, 1.82) is 0 Å². The first-order valence-electron chi connectivity index (χ1n) is 4.52. The lowest BCUT2D eigenvalue weighted by Crippen LogP contribution is -2.36. The van der Waals surface area contributed by atoms with Crippen LogP contribution in [-0.4, -0.2) is 38.2 Å². The van der Waals surface area contributed by atoms with Crippen LogP contribution in [0.15, 0.2) is 0 Å². The highest BCUT2D eigenvalue weighted by Gasteiger charge is 2.35. The summed E-state index contributed by atoms with van der Waals surface area (Å²) in [5.74, 6) is 0.0609. The first-order valence-corrected chi connectivity index (χ1v) is 6.24. The maximum Gasteiger partial charge on any atom is 0.157 e. The molecule has 2 N–H and O–H groups in total. The zero-order chi connectivity index (χ0) is 10.1. The van der Waals surface area contributed by atoms with Crippen LogP contribution in [0.5, 0.6) is 0 Å². The summed E-state index contributed by atoms with van der Waals surface area (Å²) < 4.78 is 28.6. The molecule has 0 aromatic rings. The monoisotopic (exact) mass is 207 g/mol. The van der Waals surface area contributed by atoms with E-state index in [1.165, 1.54) is 0 Å². The molecule has 0 bridgehead atoms. The Labute approximate surface area is 79.4 Å². The molecule has 0 aromatic carbocycles. The molecule has 0 amide bonds. The van der Waals surface area contributed by atoms with Crippen molar-refractivity contribution in [3.8, 4) is 0 Å². The summed E-state index contributed by atoms with van der Waals surface area (Å²) in [6.45, 7) is 4.05. The molecule has 0 saturated carbocycles. The van der Waals surface area contributed by atoms with Crippen LogP contribution in [0.25, 0.3) is 0 Å². The zero-order valence-corrected chi connectivity index (χ0v) is 8.88. The van der Waals surface area contributed by atoms with Gasteiger partial charge in [0.05, 0.1) is 17.1 Å². The molecular formula is C8H17NO3S. The number of ether oxygens (including phenoxy) is 1. The minimum Gasteiger partial charge on any atom is -0.377 e. The maximum atomic E-state index is 11.7. The number of hydrogen-bond acceptors (Lipinski definition) is 4. The lowest BCUT2D eigenvalue weighted by atomic mass is 10.3. The van der Waals surface area contributed by atoms with Crippen molar-refractivity contribution in [3.63, 3.8) is 0 Å². The summed E-state index contributed by atoms with van der Waals surface area (Å²) in [6.07, 6.45) is 0.430. The van der Waals surface area contributed by atoms with Crippen LogP contribution in [0.4, 0.5) is 0 Å². The van der Waals surface area contributed by atoms with Crippen LogP contribution >= 0.6 is 0 Å². The van der Waals surface area contributed by atoms with E-state index in [0.717, 1.165) is 0 Å². The summed E-state index contributed by atoms with van der Waals surface area (Å²) in [7, 11) is -3.06. The highest BCUT2D eigenvalue weighted by molar-refractivity contribution is 7.92.